The molecule has 1 fully saturated rings. The maximum Gasteiger partial charge on any atom is 0.401 e. The summed E-state index contributed by atoms with van der Waals surface area (Å²) < 4.78 is 37.6. The molecule has 0 amide bonds. The van der Waals surface area contributed by atoms with Gasteiger partial charge in [0.25, 0.3) is 0 Å². The Kier molecular flexibility index (Phi) is 9.02. The summed E-state index contributed by atoms with van der Waals surface area (Å²) in [6, 6.07) is 8.89. The summed E-state index contributed by atoms with van der Waals surface area (Å²) in [6.45, 7) is 4.90. The van der Waals surface area contributed by atoms with Gasteiger partial charge in [0.15, 0.2) is 5.96 Å². The highest BCUT2D eigenvalue weighted by atomic mass is 127. The fraction of sp³-hybridized carbons (Fsp3) is 0.650. The molecule has 3 rings (SSSR count). The van der Waals surface area contributed by atoms with Crippen molar-refractivity contribution in [3.05, 3.63) is 35.4 Å². The number of hydrogen-bond acceptors (Lipinski definition) is 3. The highest BCUT2D eigenvalue weighted by molar-refractivity contribution is 14.0. The zero-order chi connectivity index (χ0) is 20.1. The number of aliphatic imine (C=N–C) groups is 1. The molecule has 2 unspecified atom stereocenters. The number of hydrogen-bond donors (Lipinski definition) is 2. The minimum Gasteiger partial charge on any atom is -0.355 e. The summed E-state index contributed by atoms with van der Waals surface area (Å²) >= 11 is 0. The number of halogens is 4. The molecule has 5 nitrogen and oxygen atoms in total. The standard InChI is InChI=1S/C20H30F3N5.HI/c1-15(28-10-7-16-5-3-4-6-17(16)12-28)11-25-19(24-2)26-18-8-9-27(13-18)14-20(21,22)23;/h3-6,15,18H,7-14H2,1-2H3,(H2,24,25,26);1H. The molecule has 2 aliphatic rings. The van der Waals surface area contributed by atoms with E-state index in [1.807, 2.05) is 0 Å². The molecule has 2 N–H and O–H groups in total. The first-order chi connectivity index (χ1) is 13.3. The maximum absolute atomic E-state index is 12.5. The van der Waals surface area contributed by atoms with Crippen molar-refractivity contribution in [1.29, 1.82) is 0 Å². The lowest BCUT2D eigenvalue weighted by atomic mass is 9.99. The lowest BCUT2D eigenvalue weighted by molar-refractivity contribution is -0.143. The summed E-state index contributed by atoms with van der Waals surface area (Å²) in [4.78, 5) is 8.13. The van der Waals surface area contributed by atoms with Crippen LogP contribution in [0, 0.1) is 0 Å². The molecular weight excluding hydrogens is 494 g/mol. The molecular formula is C20H31F3IN5. The van der Waals surface area contributed by atoms with E-state index in [2.05, 4.69) is 51.7 Å². The van der Waals surface area contributed by atoms with Crippen LogP contribution >= 0.6 is 24.0 Å². The van der Waals surface area contributed by atoms with E-state index >= 15 is 0 Å². The van der Waals surface area contributed by atoms with E-state index in [0.717, 1.165) is 26.1 Å². The third-order valence-electron chi connectivity index (χ3n) is 5.59. The van der Waals surface area contributed by atoms with Gasteiger partial charge in [-0.3, -0.25) is 14.8 Å². The van der Waals surface area contributed by atoms with Crippen LogP contribution in [0.1, 0.15) is 24.5 Å². The van der Waals surface area contributed by atoms with Crippen LogP contribution in [0.15, 0.2) is 29.3 Å². The van der Waals surface area contributed by atoms with Gasteiger partial charge in [-0.05, 0) is 30.9 Å². The third-order valence-corrected chi connectivity index (χ3v) is 5.59. The number of alkyl halides is 3. The van der Waals surface area contributed by atoms with E-state index < -0.39 is 12.7 Å². The molecule has 1 aromatic rings. The van der Waals surface area contributed by atoms with Crippen molar-refractivity contribution < 1.29 is 13.2 Å². The molecule has 9 heteroatoms. The Balaban J connectivity index is 0.00000300. The fourth-order valence-corrected chi connectivity index (χ4v) is 4.00. The molecule has 164 valence electrons. The Morgan fingerprint density at radius 1 is 1.24 bits per heavy atom. The number of fused-ring (bicyclic) bond motifs is 1. The van der Waals surface area contributed by atoms with Crippen LogP contribution in [-0.4, -0.2) is 73.8 Å². The minimum absolute atomic E-state index is 0. The van der Waals surface area contributed by atoms with Crippen molar-refractivity contribution in [2.24, 2.45) is 4.99 Å². The molecule has 0 aromatic heterocycles. The van der Waals surface area contributed by atoms with Crippen molar-refractivity contribution in [3.8, 4) is 0 Å². The predicted octanol–water partition coefficient (Wildman–Crippen LogP) is 2.85. The molecule has 2 heterocycles. The number of nitrogens with one attached hydrogen (secondary N) is 2. The van der Waals surface area contributed by atoms with Crippen LogP contribution < -0.4 is 10.6 Å². The molecule has 0 radical (unpaired) electrons. The highest BCUT2D eigenvalue weighted by Gasteiger charge is 2.34. The molecule has 0 bridgehead atoms. The number of likely N-dealkylation sites (tertiary alicyclic amines) is 1. The van der Waals surface area contributed by atoms with Crippen LogP contribution in [0.5, 0.6) is 0 Å². The van der Waals surface area contributed by atoms with Gasteiger partial charge in [0.05, 0.1) is 6.54 Å². The third kappa shape index (κ3) is 7.29. The largest absolute Gasteiger partial charge is 0.401 e. The van der Waals surface area contributed by atoms with Gasteiger partial charge >= 0.3 is 6.18 Å². The van der Waals surface area contributed by atoms with Crippen molar-refractivity contribution in [2.45, 2.75) is 44.6 Å². The van der Waals surface area contributed by atoms with Crippen molar-refractivity contribution in [1.82, 2.24) is 20.4 Å². The topological polar surface area (TPSA) is 42.9 Å². The van der Waals surface area contributed by atoms with E-state index in [1.54, 1.807) is 7.05 Å². The lowest BCUT2D eigenvalue weighted by Crippen LogP contribution is -2.50. The monoisotopic (exact) mass is 525 g/mol. The van der Waals surface area contributed by atoms with E-state index in [9.17, 15) is 13.2 Å². The van der Waals surface area contributed by atoms with E-state index in [-0.39, 0.29) is 30.0 Å². The molecule has 0 aliphatic carbocycles. The summed E-state index contributed by atoms with van der Waals surface area (Å²) in [7, 11) is 1.69. The number of rotatable bonds is 5. The predicted molar refractivity (Wildman–Crippen MR) is 121 cm³/mol. The Morgan fingerprint density at radius 2 is 1.97 bits per heavy atom. The number of nitrogens with zero attached hydrogens (tertiary/aromatic N) is 3. The van der Waals surface area contributed by atoms with Crippen LogP contribution in [-0.2, 0) is 13.0 Å². The van der Waals surface area contributed by atoms with Gasteiger partial charge in [-0.15, -0.1) is 24.0 Å². The van der Waals surface area contributed by atoms with E-state index in [1.165, 1.54) is 16.0 Å². The second-order valence-electron chi connectivity index (χ2n) is 7.77. The number of benzene rings is 1. The van der Waals surface area contributed by atoms with Crippen LogP contribution in [0.2, 0.25) is 0 Å². The average Bonchev–Trinajstić information content (AvgIpc) is 3.09. The van der Waals surface area contributed by atoms with Gasteiger partial charge in [0.1, 0.15) is 0 Å². The molecule has 2 atom stereocenters. The van der Waals surface area contributed by atoms with Crippen LogP contribution in [0.4, 0.5) is 13.2 Å². The number of guanidine groups is 1. The van der Waals surface area contributed by atoms with E-state index in [4.69, 9.17) is 0 Å². The van der Waals surface area contributed by atoms with Gasteiger partial charge in [0.2, 0.25) is 0 Å². The molecule has 1 saturated heterocycles. The van der Waals surface area contributed by atoms with E-state index in [0.29, 0.717) is 31.5 Å². The van der Waals surface area contributed by atoms with Crippen molar-refractivity contribution >= 4 is 29.9 Å². The Bertz CT molecular complexity index is 682. The lowest BCUT2D eigenvalue weighted by Gasteiger charge is -2.34. The Hall–Kier alpha value is -1.07. The SMILES string of the molecule is CN=C(NCC(C)N1CCc2ccccc2C1)NC1CCN(CC(F)(F)F)C1.I. The zero-order valence-electron chi connectivity index (χ0n) is 17.0. The Morgan fingerprint density at radius 3 is 2.66 bits per heavy atom. The van der Waals surface area contributed by atoms with Gasteiger partial charge in [-0.25, -0.2) is 0 Å². The normalized spacial score (nSPS) is 22.0. The smallest absolute Gasteiger partial charge is 0.355 e. The highest BCUT2D eigenvalue weighted by Crippen LogP contribution is 2.21. The first-order valence-electron chi connectivity index (χ1n) is 9.91. The van der Waals surface area contributed by atoms with Gasteiger partial charge < -0.3 is 10.6 Å². The van der Waals surface area contributed by atoms with Crippen molar-refractivity contribution in [3.63, 3.8) is 0 Å². The summed E-state index contributed by atoms with van der Waals surface area (Å²) in [5.74, 6) is 0.656. The van der Waals surface area contributed by atoms with Gasteiger partial charge in [0, 0.05) is 51.9 Å². The summed E-state index contributed by atoms with van der Waals surface area (Å²) in [6.07, 6.45) is -2.39. The molecule has 0 spiro atoms. The summed E-state index contributed by atoms with van der Waals surface area (Å²) in [5, 5.41) is 6.60. The zero-order valence-corrected chi connectivity index (χ0v) is 19.3. The summed E-state index contributed by atoms with van der Waals surface area (Å²) in [5.41, 5.74) is 2.82. The quantitative estimate of drug-likeness (QED) is 0.353. The van der Waals surface area contributed by atoms with Gasteiger partial charge in [-0.1, -0.05) is 24.3 Å². The molecule has 0 saturated carbocycles. The average molecular weight is 525 g/mol. The van der Waals surface area contributed by atoms with Gasteiger partial charge in [-0.2, -0.15) is 13.2 Å². The fourth-order valence-electron chi connectivity index (χ4n) is 4.00. The maximum atomic E-state index is 12.5. The molecule has 1 aromatic carbocycles. The second kappa shape index (κ2) is 10.8. The minimum atomic E-state index is -4.14. The molecule has 2 aliphatic heterocycles. The van der Waals surface area contributed by atoms with Crippen molar-refractivity contribution in [2.75, 3.05) is 39.8 Å². The molecule has 29 heavy (non-hydrogen) atoms. The first kappa shape index (κ1) is 24.2. The second-order valence-corrected chi connectivity index (χ2v) is 7.77. The van der Waals surface area contributed by atoms with Crippen LogP contribution in [0.25, 0.3) is 0 Å². The first-order valence-corrected chi connectivity index (χ1v) is 9.91. The van der Waals surface area contributed by atoms with Crippen LogP contribution in [0.3, 0.4) is 0 Å². The Labute approximate surface area is 188 Å².